The molecule has 0 aliphatic heterocycles. The van der Waals surface area contributed by atoms with Crippen molar-refractivity contribution in [2.75, 3.05) is 7.11 Å². The maximum atomic E-state index is 14.7. The first-order valence-electron chi connectivity index (χ1n) is 9.70. The van der Waals surface area contributed by atoms with Crippen LogP contribution in [-0.4, -0.2) is 7.11 Å². The van der Waals surface area contributed by atoms with Crippen molar-refractivity contribution in [2.45, 2.75) is 64.2 Å². The monoisotopic (exact) mass is 364 g/mol. The molecule has 2 aromatic carbocycles. The first kappa shape index (κ1) is 19.1. The molecule has 3 rings (SSSR count). The zero-order valence-electron chi connectivity index (χ0n) is 15.6. The van der Waals surface area contributed by atoms with Crippen molar-refractivity contribution in [3.63, 3.8) is 0 Å². The molecule has 1 fully saturated rings. The molecule has 2 aromatic rings. The first-order valence-corrected chi connectivity index (χ1v) is 9.70. The summed E-state index contributed by atoms with van der Waals surface area (Å²) in [6.07, 6.45) is 8.84. The molecular weight excluding hydrogens is 337 g/mol. The minimum Gasteiger partial charge on any atom is -0.494 e. The molecule has 4 heteroatoms. The lowest BCUT2D eigenvalue weighted by molar-refractivity contribution is 0.298. The number of benzene rings is 2. The molecular formula is C22H27F3O. The third kappa shape index (κ3) is 3.70. The third-order valence-electron chi connectivity index (χ3n) is 5.84. The van der Waals surface area contributed by atoms with E-state index in [0.29, 0.717) is 16.9 Å². The van der Waals surface area contributed by atoms with E-state index in [4.69, 9.17) is 4.74 Å². The Morgan fingerprint density at radius 3 is 2.35 bits per heavy atom. The number of ether oxygens (including phenoxy) is 1. The summed E-state index contributed by atoms with van der Waals surface area (Å²) in [6.45, 7) is 2.20. The molecule has 0 atom stereocenters. The van der Waals surface area contributed by atoms with Gasteiger partial charge in [-0.3, -0.25) is 0 Å². The van der Waals surface area contributed by atoms with Crippen LogP contribution in [0.5, 0.6) is 5.75 Å². The van der Waals surface area contributed by atoms with Gasteiger partial charge in [-0.15, -0.1) is 0 Å². The molecule has 142 valence electrons. The van der Waals surface area contributed by atoms with Crippen LogP contribution in [0.3, 0.4) is 0 Å². The van der Waals surface area contributed by atoms with E-state index in [1.807, 2.05) is 0 Å². The first-order chi connectivity index (χ1) is 12.6. The van der Waals surface area contributed by atoms with Gasteiger partial charge in [0.1, 0.15) is 0 Å². The highest BCUT2D eigenvalue weighted by atomic mass is 19.2. The van der Waals surface area contributed by atoms with Gasteiger partial charge >= 0.3 is 0 Å². The van der Waals surface area contributed by atoms with Crippen LogP contribution in [0.4, 0.5) is 13.2 Å². The molecule has 0 unspecified atom stereocenters. The Morgan fingerprint density at radius 1 is 0.962 bits per heavy atom. The Balaban J connectivity index is 1.82. The van der Waals surface area contributed by atoms with Gasteiger partial charge in [-0.1, -0.05) is 38.7 Å². The summed E-state index contributed by atoms with van der Waals surface area (Å²) in [5.74, 6) is -2.20. The largest absolute Gasteiger partial charge is 0.494 e. The molecule has 1 nitrogen and oxygen atoms in total. The van der Waals surface area contributed by atoms with Crippen LogP contribution in [0.15, 0.2) is 18.2 Å². The van der Waals surface area contributed by atoms with Gasteiger partial charge in [0.15, 0.2) is 23.2 Å². The van der Waals surface area contributed by atoms with Crippen molar-refractivity contribution in [1.82, 2.24) is 0 Å². The van der Waals surface area contributed by atoms with Crippen LogP contribution in [-0.2, 0) is 0 Å². The van der Waals surface area contributed by atoms with Gasteiger partial charge in [-0.05, 0) is 60.6 Å². The van der Waals surface area contributed by atoms with Crippen molar-refractivity contribution in [3.8, 4) is 5.75 Å². The average molecular weight is 364 g/mol. The van der Waals surface area contributed by atoms with Crippen molar-refractivity contribution in [2.24, 2.45) is 5.92 Å². The number of fused-ring (bicyclic) bond motifs is 1. The lowest BCUT2D eigenvalue weighted by Gasteiger charge is -2.29. The van der Waals surface area contributed by atoms with E-state index in [1.165, 1.54) is 38.9 Å². The van der Waals surface area contributed by atoms with E-state index in [1.54, 1.807) is 12.1 Å². The maximum absolute atomic E-state index is 14.7. The molecule has 0 amide bonds. The summed E-state index contributed by atoms with van der Waals surface area (Å²) in [5.41, 5.74) is 0.395. The maximum Gasteiger partial charge on any atom is 0.175 e. The van der Waals surface area contributed by atoms with E-state index >= 15 is 0 Å². The van der Waals surface area contributed by atoms with Gasteiger partial charge in [-0.25, -0.2) is 13.2 Å². The van der Waals surface area contributed by atoms with Crippen LogP contribution in [0.25, 0.3) is 10.8 Å². The number of rotatable bonds is 6. The third-order valence-corrected chi connectivity index (χ3v) is 5.84. The Labute approximate surface area is 153 Å². The Hall–Kier alpha value is -1.71. The van der Waals surface area contributed by atoms with Crippen molar-refractivity contribution < 1.29 is 17.9 Å². The van der Waals surface area contributed by atoms with Gasteiger partial charge in [0, 0.05) is 0 Å². The predicted molar refractivity (Wildman–Crippen MR) is 99.2 cm³/mol. The number of methoxy groups -OCH3 is 1. The van der Waals surface area contributed by atoms with Crippen LogP contribution < -0.4 is 4.74 Å². The zero-order valence-corrected chi connectivity index (χ0v) is 15.6. The molecule has 0 saturated heterocycles. The second kappa shape index (κ2) is 8.32. The topological polar surface area (TPSA) is 9.23 Å². The van der Waals surface area contributed by atoms with Gasteiger partial charge < -0.3 is 4.74 Å². The van der Waals surface area contributed by atoms with E-state index in [-0.39, 0.29) is 17.1 Å². The van der Waals surface area contributed by atoms with Gasteiger partial charge in [-0.2, -0.15) is 0 Å². The number of halogens is 3. The summed E-state index contributed by atoms with van der Waals surface area (Å²) >= 11 is 0. The lowest BCUT2D eigenvalue weighted by atomic mass is 9.76. The fourth-order valence-corrected chi connectivity index (χ4v) is 4.28. The molecule has 0 N–H and O–H groups in total. The number of hydrogen-bond donors (Lipinski definition) is 0. The summed E-state index contributed by atoms with van der Waals surface area (Å²) in [6, 6.07) is 4.68. The summed E-state index contributed by atoms with van der Waals surface area (Å²) in [5, 5.41) is 0.0705. The van der Waals surface area contributed by atoms with Crippen LogP contribution in [0.1, 0.15) is 69.8 Å². The van der Waals surface area contributed by atoms with Gasteiger partial charge in [0.25, 0.3) is 0 Å². The molecule has 0 radical (unpaired) electrons. The van der Waals surface area contributed by atoms with E-state index in [9.17, 15) is 13.2 Å². The molecule has 1 aliphatic carbocycles. The highest BCUT2D eigenvalue weighted by molar-refractivity contribution is 5.86. The fraction of sp³-hybridized carbons (Fsp3) is 0.545. The highest BCUT2D eigenvalue weighted by Gasteiger charge is 2.27. The summed E-state index contributed by atoms with van der Waals surface area (Å²) in [4.78, 5) is 0. The van der Waals surface area contributed by atoms with Crippen molar-refractivity contribution >= 4 is 10.8 Å². The zero-order chi connectivity index (χ0) is 18.7. The standard InChI is InChI=1S/C22H27F3O/c1-3-4-5-6-14-7-9-15(10-8-14)17-13-16-11-12-18(26-2)21(24)19(16)22(25)20(17)23/h11-15H,3-10H2,1-2H3. The van der Waals surface area contributed by atoms with Crippen LogP contribution in [0, 0.1) is 23.4 Å². The molecule has 1 saturated carbocycles. The van der Waals surface area contributed by atoms with Gasteiger partial charge in [0.2, 0.25) is 0 Å². The average Bonchev–Trinajstić information content (AvgIpc) is 2.65. The molecule has 0 aromatic heterocycles. The van der Waals surface area contributed by atoms with E-state index < -0.39 is 17.5 Å². The van der Waals surface area contributed by atoms with Gasteiger partial charge in [0.05, 0.1) is 12.5 Å². The summed E-state index contributed by atoms with van der Waals surface area (Å²) in [7, 11) is 1.31. The normalized spacial score (nSPS) is 20.5. The molecule has 0 spiro atoms. The quantitative estimate of drug-likeness (QED) is 0.496. The fourth-order valence-electron chi connectivity index (χ4n) is 4.28. The van der Waals surface area contributed by atoms with Crippen LogP contribution >= 0.6 is 0 Å². The molecule has 0 bridgehead atoms. The summed E-state index contributed by atoms with van der Waals surface area (Å²) < 4.78 is 48.5. The van der Waals surface area contributed by atoms with Crippen molar-refractivity contribution in [3.05, 3.63) is 41.2 Å². The lowest BCUT2D eigenvalue weighted by Crippen LogP contribution is -2.15. The van der Waals surface area contributed by atoms with E-state index in [0.717, 1.165) is 25.7 Å². The minimum atomic E-state index is -1.10. The predicted octanol–water partition coefficient (Wildman–Crippen LogP) is 7.12. The highest BCUT2D eigenvalue weighted by Crippen LogP contribution is 2.41. The number of unbranched alkanes of at least 4 members (excludes halogenated alkanes) is 2. The Bertz CT molecular complexity index is 764. The molecule has 1 aliphatic rings. The second-order valence-electron chi connectivity index (χ2n) is 7.49. The SMILES string of the molecule is CCCCCC1CCC(c2cc3ccc(OC)c(F)c3c(F)c2F)CC1. The molecule has 0 heterocycles. The Morgan fingerprint density at radius 2 is 1.69 bits per heavy atom. The second-order valence-corrected chi connectivity index (χ2v) is 7.49. The minimum absolute atomic E-state index is 0.0153. The smallest absolute Gasteiger partial charge is 0.175 e. The Kier molecular flexibility index (Phi) is 6.10. The van der Waals surface area contributed by atoms with E-state index in [2.05, 4.69) is 6.92 Å². The van der Waals surface area contributed by atoms with Crippen molar-refractivity contribution in [1.29, 1.82) is 0 Å². The molecule has 26 heavy (non-hydrogen) atoms. The number of hydrogen-bond acceptors (Lipinski definition) is 1. The van der Waals surface area contributed by atoms with Crippen LogP contribution in [0.2, 0.25) is 0 Å².